The van der Waals surface area contributed by atoms with Gasteiger partial charge in [-0.1, -0.05) is 11.8 Å². The molecule has 9 heteroatoms. The van der Waals surface area contributed by atoms with Gasteiger partial charge in [-0.05, 0) is 25.0 Å². The minimum Gasteiger partial charge on any atom is -0.349 e. The van der Waals surface area contributed by atoms with Crippen LogP contribution in [0.2, 0.25) is 0 Å². The molecule has 1 aromatic rings. The van der Waals surface area contributed by atoms with Crippen LogP contribution in [-0.2, 0) is 4.79 Å². The quantitative estimate of drug-likeness (QED) is 0.778. The Hall–Kier alpha value is -1.77. The van der Waals surface area contributed by atoms with Gasteiger partial charge in [0.05, 0.1) is 16.3 Å². The van der Waals surface area contributed by atoms with E-state index in [0.29, 0.717) is 10.6 Å². The van der Waals surface area contributed by atoms with Crippen molar-refractivity contribution in [2.75, 3.05) is 12.3 Å². The van der Waals surface area contributed by atoms with Gasteiger partial charge in [0, 0.05) is 12.2 Å². The van der Waals surface area contributed by atoms with Crippen molar-refractivity contribution in [3.05, 3.63) is 23.9 Å². The van der Waals surface area contributed by atoms with Gasteiger partial charge in [-0.25, -0.2) is 4.98 Å². The molecule has 1 aliphatic rings. The molecular weight excluding hydrogens is 319 g/mol. The fourth-order valence-corrected chi connectivity index (χ4v) is 2.16. The Kier molecular flexibility index (Phi) is 5.28. The Morgan fingerprint density at radius 3 is 2.59 bits per heavy atom. The first-order chi connectivity index (χ1) is 10.3. The van der Waals surface area contributed by atoms with Gasteiger partial charge in [-0.2, -0.15) is 13.2 Å². The first-order valence-electron chi connectivity index (χ1n) is 6.56. The van der Waals surface area contributed by atoms with E-state index in [1.54, 1.807) is 17.4 Å². The molecule has 1 fully saturated rings. The summed E-state index contributed by atoms with van der Waals surface area (Å²) in [7, 11) is 0. The van der Waals surface area contributed by atoms with Crippen molar-refractivity contribution in [2.24, 2.45) is 0 Å². The monoisotopic (exact) mass is 333 g/mol. The Morgan fingerprint density at radius 2 is 2.05 bits per heavy atom. The largest absolute Gasteiger partial charge is 0.405 e. The molecule has 0 atom stereocenters. The molecule has 120 valence electrons. The molecule has 5 nitrogen and oxygen atoms in total. The van der Waals surface area contributed by atoms with E-state index >= 15 is 0 Å². The van der Waals surface area contributed by atoms with Crippen LogP contribution in [0, 0.1) is 0 Å². The SMILES string of the molecule is O=C(CSc1ccc(C(=O)NC2CC2)cn1)NCC(F)(F)F. The lowest BCUT2D eigenvalue weighted by molar-refractivity contribution is -0.136. The molecule has 1 aromatic heterocycles. The number of carbonyl (C=O) groups excluding carboxylic acids is 2. The first kappa shape index (κ1) is 16.6. The summed E-state index contributed by atoms with van der Waals surface area (Å²) in [5.74, 6) is -1.09. The first-order valence-corrected chi connectivity index (χ1v) is 7.55. The van der Waals surface area contributed by atoms with E-state index in [1.165, 1.54) is 6.20 Å². The van der Waals surface area contributed by atoms with E-state index in [-0.39, 0.29) is 17.7 Å². The summed E-state index contributed by atoms with van der Waals surface area (Å²) in [6, 6.07) is 3.38. The van der Waals surface area contributed by atoms with Crippen molar-refractivity contribution >= 4 is 23.6 Å². The smallest absolute Gasteiger partial charge is 0.349 e. The van der Waals surface area contributed by atoms with Crippen molar-refractivity contribution in [3.63, 3.8) is 0 Å². The third-order valence-electron chi connectivity index (χ3n) is 2.75. The molecule has 2 rings (SSSR count). The van der Waals surface area contributed by atoms with E-state index in [2.05, 4.69) is 10.3 Å². The number of nitrogens with one attached hydrogen (secondary N) is 2. The molecule has 0 saturated heterocycles. The van der Waals surface area contributed by atoms with Gasteiger partial charge in [0.1, 0.15) is 6.54 Å². The van der Waals surface area contributed by atoms with Gasteiger partial charge < -0.3 is 10.6 Å². The van der Waals surface area contributed by atoms with Gasteiger partial charge >= 0.3 is 6.18 Å². The molecule has 0 aromatic carbocycles. The van der Waals surface area contributed by atoms with E-state index in [1.807, 2.05) is 0 Å². The Labute approximate surface area is 129 Å². The molecule has 1 saturated carbocycles. The van der Waals surface area contributed by atoms with Gasteiger partial charge in [-0.15, -0.1) is 0 Å². The van der Waals surface area contributed by atoms with Crippen LogP contribution in [0.25, 0.3) is 0 Å². The summed E-state index contributed by atoms with van der Waals surface area (Å²) in [4.78, 5) is 27.0. The van der Waals surface area contributed by atoms with Gasteiger partial charge in [0.25, 0.3) is 5.91 Å². The third kappa shape index (κ3) is 5.92. The molecule has 0 aliphatic heterocycles. The highest BCUT2D eigenvalue weighted by atomic mass is 32.2. The number of pyridine rings is 1. The summed E-state index contributed by atoms with van der Waals surface area (Å²) in [5.41, 5.74) is 0.415. The Balaban J connectivity index is 1.76. The van der Waals surface area contributed by atoms with E-state index in [4.69, 9.17) is 0 Å². The fraction of sp³-hybridized carbons (Fsp3) is 0.462. The van der Waals surface area contributed by atoms with Crippen LogP contribution in [0.5, 0.6) is 0 Å². The molecule has 1 heterocycles. The van der Waals surface area contributed by atoms with Crippen molar-refractivity contribution < 1.29 is 22.8 Å². The lowest BCUT2D eigenvalue weighted by atomic mass is 10.3. The molecular formula is C13H14F3N3O2S. The number of halogens is 3. The maximum atomic E-state index is 11.9. The van der Waals surface area contributed by atoms with Gasteiger partial charge in [0.15, 0.2) is 0 Å². The highest BCUT2D eigenvalue weighted by molar-refractivity contribution is 7.99. The Morgan fingerprint density at radius 1 is 1.32 bits per heavy atom. The zero-order valence-electron chi connectivity index (χ0n) is 11.4. The minimum atomic E-state index is -4.42. The number of alkyl halides is 3. The highest BCUT2D eigenvalue weighted by Crippen LogP contribution is 2.20. The summed E-state index contributed by atoms with van der Waals surface area (Å²) < 4.78 is 35.8. The maximum absolute atomic E-state index is 11.9. The topological polar surface area (TPSA) is 71.1 Å². The predicted octanol–water partition coefficient (Wildman–Crippen LogP) is 1.74. The molecule has 1 aliphatic carbocycles. The summed E-state index contributed by atoms with van der Waals surface area (Å²) in [6.07, 6.45) is -1.07. The number of hydrogen-bond donors (Lipinski definition) is 2. The second-order valence-corrected chi connectivity index (χ2v) is 5.81. The van der Waals surface area contributed by atoms with Crippen LogP contribution < -0.4 is 10.6 Å². The average Bonchev–Trinajstić information content (AvgIpc) is 3.26. The second kappa shape index (κ2) is 6.99. The molecule has 2 amide bonds. The van der Waals surface area contributed by atoms with Crippen LogP contribution in [0.15, 0.2) is 23.4 Å². The molecule has 0 bridgehead atoms. The Bertz CT molecular complexity index is 544. The van der Waals surface area contributed by atoms with Crippen LogP contribution >= 0.6 is 11.8 Å². The summed E-state index contributed by atoms with van der Waals surface area (Å²) >= 11 is 1.00. The van der Waals surface area contributed by atoms with Crippen LogP contribution in [-0.4, -0.2) is 41.3 Å². The zero-order chi connectivity index (χ0) is 16.2. The van der Waals surface area contributed by atoms with E-state index < -0.39 is 18.6 Å². The minimum absolute atomic E-state index is 0.170. The van der Waals surface area contributed by atoms with Gasteiger partial charge in [-0.3, -0.25) is 9.59 Å². The standard InChI is InChI=1S/C13H14F3N3O2S/c14-13(15,16)7-18-10(20)6-22-11-4-1-8(5-17-11)12(21)19-9-2-3-9/h1,4-5,9H,2-3,6-7H2,(H,18,20)(H,19,21). The number of carbonyl (C=O) groups is 2. The molecule has 0 radical (unpaired) electrons. The number of rotatable bonds is 6. The van der Waals surface area contributed by atoms with E-state index in [0.717, 1.165) is 24.6 Å². The highest BCUT2D eigenvalue weighted by Gasteiger charge is 2.27. The summed E-state index contributed by atoms with van der Waals surface area (Å²) in [6.45, 7) is -1.35. The van der Waals surface area contributed by atoms with Gasteiger partial charge in [0.2, 0.25) is 5.91 Å². The molecule has 22 heavy (non-hydrogen) atoms. The second-order valence-electron chi connectivity index (χ2n) is 4.81. The van der Waals surface area contributed by atoms with Crippen molar-refractivity contribution in [1.82, 2.24) is 15.6 Å². The van der Waals surface area contributed by atoms with Crippen molar-refractivity contribution in [2.45, 2.75) is 30.1 Å². The number of nitrogens with zero attached hydrogens (tertiary/aromatic N) is 1. The normalized spacial score (nSPS) is 14.5. The molecule has 2 N–H and O–H groups in total. The van der Waals surface area contributed by atoms with Crippen LogP contribution in [0.1, 0.15) is 23.2 Å². The maximum Gasteiger partial charge on any atom is 0.405 e. The number of aromatic nitrogens is 1. The summed E-state index contributed by atoms with van der Waals surface area (Å²) in [5, 5.41) is 5.05. The molecule has 0 unspecified atom stereocenters. The van der Waals surface area contributed by atoms with Crippen LogP contribution in [0.3, 0.4) is 0 Å². The third-order valence-corrected chi connectivity index (χ3v) is 3.69. The number of hydrogen-bond acceptors (Lipinski definition) is 4. The van der Waals surface area contributed by atoms with Crippen LogP contribution in [0.4, 0.5) is 13.2 Å². The van der Waals surface area contributed by atoms with Crippen molar-refractivity contribution in [1.29, 1.82) is 0 Å². The zero-order valence-corrected chi connectivity index (χ0v) is 12.3. The van der Waals surface area contributed by atoms with E-state index in [9.17, 15) is 22.8 Å². The predicted molar refractivity (Wildman–Crippen MR) is 74.5 cm³/mol. The fourth-order valence-electron chi connectivity index (χ4n) is 1.49. The van der Waals surface area contributed by atoms with Crippen molar-refractivity contribution in [3.8, 4) is 0 Å². The lowest BCUT2D eigenvalue weighted by Crippen LogP contribution is -2.34. The lowest BCUT2D eigenvalue weighted by Gasteiger charge is -2.08. The molecule has 0 spiro atoms. The number of thioether (sulfide) groups is 1. The average molecular weight is 333 g/mol. The number of amides is 2.